The number of likely N-dealkylation sites (N-methyl/N-ethyl adjacent to an activating group) is 1. The smallest absolute Gasteiger partial charge is 0.102 e. The molecule has 0 spiro atoms. The average molecular weight is 380 g/mol. The molecule has 0 fully saturated rings. The molecule has 0 aromatic heterocycles. The number of unbranched alkanes of at least 4 members (excludes halogenated alkanes) is 12. The number of hydrogen-bond acceptors (Lipinski definition) is 1. The van der Waals surface area contributed by atoms with Gasteiger partial charge in [-0.1, -0.05) is 77.6 Å². The lowest BCUT2D eigenvalue weighted by atomic mass is 10.0. The normalized spacial score (nSPS) is 11.5. The second-order valence-electron chi connectivity index (χ2n) is 7.35. The number of quaternary nitrogens is 1. The fourth-order valence-electron chi connectivity index (χ4n) is 2.94. The summed E-state index contributed by atoms with van der Waals surface area (Å²) in [7, 11) is 4.44. The minimum atomic E-state index is 0. The molecule has 0 radical (unpaired) electrons. The fraction of sp³-hybridized carbons (Fsp3) is 1.00. The van der Waals surface area contributed by atoms with E-state index in [1.54, 1.807) is 0 Å². The molecule has 22 heavy (non-hydrogen) atoms. The molecule has 0 amide bonds. The second-order valence-corrected chi connectivity index (χ2v) is 7.35. The van der Waals surface area contributed by atoms with Gasteiger partial charge in [-0.05, 0) is 12.8 Å². The van der Waals surface area contributed by atoms with Crippen LogP contribution in [0.4, 0.5) is 0 Å². The summed E-state index contributed by atoms with van der Waals surface area (Å²) in [4.78, 5) is 0. The van der Waals surface area contributed by atoms with E-state index in [-0.39, 0.29) is 17.0 Å². The van der Waals surface area contributed by atoms with Crippen LogP contribution in [0.1, 0.15) is 90.4 Å². The van der Waals surface area contributed by atoms with Crippen molar-refractivity contribution in [2.45, 2.75) is 90.4 Å². The third kappa shape index (κ3) is 18.4. The Morgan fingerprint density at radius 1 is 0.591 bits per heavy atom. The van der Waals surface area contributed by atoms with E-state index in [1.807, 2.05) is 0 Å². The Morgan fingerprint density at radius 3 is 1.32 bits per heavy atom. The Kier molecular flexibility index (Phi) is 19.9. The van der Waals surface area contributed by atoms with Crippen LogP contribution < -0.4 is 17.0 Å². The molecule has 0 aliphatic carbocycles. The van der Waals surface area contributed by atoms with Crippen LogP contribution in [0.25, 0.3) is 0 Å². The van der Waals surface area contributed by atoms with Crippen LogP contribution >= 0.6 is 0 Å². The Bertz CT molecular complexity index is 210. The molecule has 0 saturated heterocycles. The number of aliphatic hydroxyl groups excluding tert-OH is 1. The van der Waals surface area contributed by atoms with E-state index in [9.17, 15) is 0 Å². The van der Waals surface area contributed by atoms with Crippen LogP contribution in [0, 0.1) is 0 Å². The van der Waals surface area contributed by atoms with E-state index in [4.69, 9.17) is 5.11 Å². The summed E-state index contributed by atoms with van der Waals surface area (Å²) in [6, 6.07) is 0. The summed E-state index contributed by atoms with van der Waals surface area (Å²) < 4.78 is 0.967. The predicted octanol–water partition coefficient (Wildman–Crippen LogP) is 2.15. The highest BCUT2D eigenvalue weighted by Crippen LogP contribution is 2.13. The average Bonchev–Trinajstić information content (AvgIpc) is 2.44. The molecule has 1 N–H and O–H groups in total. The van der Waals surface area contributed by atoms with Gasteiger partial charge in [0.05, 0.1) is 27.2 Å². The SMILES string of the molecule is CCCCCCCCCCCCCCC[N+](C)(C)CCO.[Br-]. The first-order chi connectivity index (χ1) is 10.1. The predicted molar refractivity (Wildman–Crippen MR) is 94.6 cm³/mol. The summed E-state index contributed by atoms with van der Waals surface area (Å²) in [6.07, 6.45) is 18.4. The van der Waals surface area contributed by atoms with Crippen molar-refractivity contribution < 1.29 is 26.6 Å². The maximum Gasteiger partial charge on any atom is 0.102 e. The first kappa shape index (κ1) is 24.6. The number of halogens is 1. The van der Waals surface area contributed by atoms with E-state index in [0.717, 1.165) is 11.0 Å². The van der Waals surface area contributed by atoms with E-state index < -0.39 is 0 Å². The van der Waals surface area contributed by atoms with Crippen molar-refractivity contribution in [1.29, 1.82) is 0 Å². The Morgan fingerprint density at radius 2 is 0.955 bits per heavy atom. The Balaban J connectivity index is 0. The van der Waals surface area contributed by atoms with Crippen molar-refractivity contribution in [3.05, 3.63) is 0 Å². The minimum Gasteiger partial charge on any atom is -1.00 e. The van der Waals surface area contributed by atoms with Gasteiger partial charge in [-0.25, -0.2) is 0 Å². The van der Waals surface area contributed by atoms with Crippen LogP contribution in [-0.2, 0) is 0 Å². The molecule has 0 saturated carbocycles. The van der Waals surface area contributed by atoms with Gasteiger partial charge in [0.15, 0.2) is 0 Å². The van der Waals surface area contributed by atoms with Gasteiger partial charge < -0.3 is 26.6 Å². The number of nitrogens with zero attached hydrogens (tertiary/aromatic N) is 1. The van der Waals surface area contributed by atoms with Gasteiger partial charge in [-0.3, -0.25) is 0 Å². The first-order valence-corrected chi connectivity index (χ1v) is 9.55. The van der Waals surface area contributed by atoms with Crippen LogP contribution in [-0.4, -0.2) is 43.4 Å². The van der Waals surface area contributed by atoms with Gasteiger partial charge in [0.1, 0.15) is 6.54 Å². The van der Waals surface area contributed by atoms with E-state index in [0.29, 0.717) is 6.61 Å². The highest BCUT2D eigenvalue weighted by atomic mass is 79.9. The van der Waals surface area contributed by atoms with E-state index in [2.05, 4.69) is 21.0 Å². The van der Waals surface area contributed by atoms with E-state index in [1.165, 1.54) is 90.0 Å². The molecule has 0 aromatic rings. The molecule has 0 heterocycles. The molecular weight excluding hydrogens is 338 g/mol. The van der Waals surface area contributed by atoms with Gasteiger partial charge in [0.2, 0.25) is 0 Å². The number of hydrogen-bond donors (Lipinski definition) is 1. The molecule has 0 bridgehead atoms. The first-order valence-electron chi connectivity index (χ1n) is 9.55. The van der Waals surface area contributed by atoms with Crippen LogP contribution in [0.5, 0.6) is 0 Å². The molecule has 3 heteroatoms. The molecular formula is C19H42BrNO. The van der Waals surface area contributed by atoms with Crippen LogP contribution in [0.2, 0.25) is 0 Å². The third-order valence-electron chi connectivity index (χ3n) is 4.57. The maximum absolute atomic E-state index is 8.99. The van der Waals surface area contributed by atoms with Crippen molar-refractivity contribution in [3.63, 3.8) is 0 Å². The molecule has 0 atom stereocenters. The van der Waals surface area contributed by atoms with Crippen LogP contribution in [0.15, 0.2) is 0 Å². The van der Waals surface area contributed by atoms with Gasteiger partial charge in [-0.2, -0.15) is 0 Å². The lowest BCUT2D eigenvalue weighted by Crippen LogP contribution is -3.00. The van der Waals surface area contributed by atoms with Gasteiger partial charge >= 0.3 is 0 Å². The highest BCUT2D eigenvalue weighted by molar-refractivity contribution is 4.49. The fourth-order valence-corrected chi connectivity index (χ4v) is 2.94. The van der Waals surface area contributed by atoms with Crippen LogP contribution in [0.3, 0.4) is 0 Å². The topological polar surface area (TPSA) is 20.2 Å². The van der Waals surface area contributed by atoms with Crippen molar-refractivity contribution in [3.8, 4) is 0 Å². The lowest BCUT2D eigenvalue weighted by molar-refractivity contribution is -0.890. The molecule has 0 aliphatic rings. The number of aliphatic hydroxyl groups is 1. The molecule has 0 aliphatic heterocycles. The highest BCUT2D eigenvalue weighted by Gasteiger charge is 2.12. The second kappa shape index (κ2) is 17.7. The third-order valence-corrected chi connectivity index (χ3v) is 4.57. The quantitative estimate of drug-likeness (QED) is 0.321. The zero-order valence-corrected chi connectivity index (χ0v) is 17.2. The summed E-state index contributed by atoms with van der Waals surface area (Å²) in [6.45, 7) is 4.69. The lowest BCUT2D eigenvalue weighted by Gasteiger charge is -2.28. The molecule has 0 unspecified atom stereocenters. The zero-order valence-electron chi connectivity index (χ0n) is 15.6. The largest absolute Gasteiger partial charge is 1.00 e. The standard InChI is InChI=1S/C19H42NO.BrH/c1-4-5-6-7-8-9-10-11-12-13-14-15-16-17-20(2,3)18-19-21;/h21H,4-19H2,1-3H3;1H/q+1;/p-1. The summed E-state index contributed by atoms with van der Waals surface area (Å²) in [5, 5.41) is 8.99. The van der Waals surface area contributed by atoms with Crippen molar-refractivity contribution in [2.75, 3.05) is 33.8 Å². The Hall–Kier alpha value is 0.400. The van der Waals surface area contributed by atoms with Gasteiger partial charge in [0.25, 0.3) is 0 Å². The summed E-state index contributed by atoms with van der Waals surface area (Å²) in [5.41, 5.74) is 0. The summed E-state index contributed by atoms with van der Waals surface area (Å²) >= 11 is 0. The minimum absolute atomic E-state index is 0. The molecule has 0 rings (SSSR count). The van der Waals surface area contributed by atoms with Crippen molar-refractivity contribution >= 4 is 0 Å². The Labute approximate surface area is 151 Å². The zero-order chi connectivity index (χ0) is 15.8. The van der Waals surface area contributed by atoms with Gasteiger partial charge in [0, 0.05) is 0 Å². The van der Waals surface area contributed by atoms with E-state index >= 15 is 0 Å². The molecule has 0 aromatic carbocycles. The van der Waals surface area contributed by atoms with Gasteiger partial charge in [-0.15, -0.1) is 0 Å². The summed E-state index contributed by atoms with van der Waals surface area (Å²) in [5.74, 6) is 0. The maximum atomic E-state index is 8.99. The molecule has 136 valence electrons. The monoisotopic (exact) mass is 379 g/mol. The molecule has 2 nitrogen and oxygen atoms in total. The van der Waals surface area contributed by atoms with Crippen molar-refractivity contribution in [2.24, 2.45) is 0 Å². The number of rotatable bonds is 16. The van der Waals surface area contributed by atoms with Crippen molar-refractivity contribution in [1.82, 2.24) is 0 Å².